The van der Waals surface area contributed by atoms with Gasteiger partial charge in [-0.1, -0.05) is 40.6 Å². The minimum absolute atomic E-state index is 0.0487. The Morgan fingerprint density at radius 1 is 1.21 bits per heavy atom. The van der Waals surface area contributed by atoms with Gasteiger partial charge in [-0.15, -0.1) is 0 Å². The molecule has 5 N–H and O–H groups in total. The molecule has 13 heteroatoms. The first-order valence-corrected chi connectivity index (χ1v) is 16.1. The number of rotatable bonds is 10. The van der Waals surface area contributed by atoms with Gasteiger partial charge in [-0.05, 0) is 49.9 Å². The van der Waals surface area contributed by atoms with Crippen molar-refractivity contribution in [2.24, 2.45) is 23.4 Å². The number of thiazole rings is 1. The molecule has 3 aromatic rings. The topological polar surface area (TPSA) is 136 Å². The number of nitrogens with zero attached hydrogens (tertiary/aromatic N) is 3. The van der Waals surface area contributed by atoms with Crippen LogP contribution in [0.5, 0.6) is 5.75 Å². The third kappa shape index (κ3) is 5.63. The lowest BCUT2D eigenvalue weighted by molar-refractivity contribution is 0.0372. The lowest BCUT2D eigenvalue weighted by Gasteiger charge is -2.32. The Kier molecular flexibility index (Phi) is 7.81. The standard InChI is InChI=1S/C30H33Cl2N5O5S/c31-20-2-1-3-21(32)28(20)37(34)22(26(33)15-4-5-15)14-41-23-11-18-8-17(23)12-36(18)30-35-27-24(42-19-6-7-40-13-19)9-16(29(38)39)10-25(27)43-30/h1-3,9-10,15,17-19,23H,4-8,11-14,33-34H2,(H,38,39)/b26-22-. The first kappa shape index (κ1) is 28.9. The molecule has 228 valence electrons. The number of hydrazine groups is 1. The number of nitrogens with two attached hydrogens (primary N) is 2. The second-order valence-corrected chi connectivity index (χ2v) is 13.6. The Labute approximate surface area is 263 Å². The number of aromatic nitrogens is 1. The molecule has 0 radical (unpaired) electrons. The molecule has 1 aromatic heterocycles. The predicted octanol–water partition coefficient (Wildman–Crippen LogP) is 5.41. The second-order valence-electron chi connectivity index (χ2n) is 11.7. The molecule has 2 bridgehead atoms. The van der Waals surface area contributed by atoms with Crippen LogP contribution in [0.1, 0.15) is 42.5 Å². The number of halogens is 2. The summed E-state index contributed by atoms with van der Waals surface area (Å²) in [7, 11) is 0. The molecule has 43 heavy (non-hydrogen) atoms. The Morgan fingerprint density at radius 3 is 2.65 bits per heavy atom. The number of piperidine rings is 1. The minimum Gasteiger partial charge on any atom is -0.486 e. The number of fused-ring (bicyclic) bond motifs is 3. The first-order valence-electron chi connectivity index (χ1n) is 14.5. The number of hydrogen-bond acceptors (Lipinski definition) is 10. The van der Waals surface area contributed by atoms with Crippen LogP contribution in [0.15, 0.2) is 41.7 Å². The fourth-order valence-corrected chi connectivity index (χ4v) is 8.10. The maximum absolute atomic E-state index is 11.8. The molecule has 4 atom stereocenters. The molecule has 10 nitrogen and oxygen atoms in total. The quantitative estimate of drug-likeness (QED) is 0.194. The van der Waals surface area contributed by atoms with Crippen molar-refractivity contribution in [3.8, 4) is 5.75 Å². The van der Waals surface area contributed by atoms with Crippen molar-refractivity contribution in [2.45, 2.75) is 50.4 Å². The number of carbonyl (C=O) groups is 1. The number of benzene rings is 2. The van der Waals surface area contributed by atoms with Crippen molar-refractivity contribution in [3.63, 3.8) is 0 Å². The van der Waals surface area contributed by atoms with Gasteiger partial charge in [0.15, 0.2) is 5.13 Å². The SMILES string of the molecule is N/C(=C(/COC1CC2CC1CN2c1nc2c(OC3CCOC3)cc(C(=O)O)cc2s1)N(N)c1c(Cl)cccc1Cl)C1CC1. The normalized spacial score (nSPS) is 25.4. The molecule has 0 spiro atoms. The summed E-state index contributed by atoms with van der Waals surface area (Å²) in [6, 6.07) is 8.80. The highest BCUT2D eigenvalue weighted by atomic mass is 35.5. The van der Waals surface area contributed by atoms with Crippen LogP contribution in [-0.4, -0.2) is 60.7 Å². The average Bonchev–Trinajstić information content (AvgIpc) is 3.32. The molecule has 2 saturated carbocycles. The van der Waals surface area contributed by atoms with Gasteiger partial charge in [-0.3, -0.25) is 5.01 Å². The van der Waals surface area contributed by atoms with Gasteiger partial charge in [0.2, 0.25) is 0 Å². The molecule has 4 fully saturated rings. The predicted molar refractivity (Wildman–Crippen MR) is 167 cm³/mol. The van der Waals surface area contributed by atoms with Crippen molar-refractivity contribution in [1.82, 2.24) is 4.98 Å². The summed E-state index contributed by atoms with van der Waals surface area (Å²) in [5.74, 6) is 6.68. The van der Waals surface area contributed by atoms with Crippen molar-refractivity contribution in [2.75, 3.05) is 36.3 Å². The van der Waals surface area contributed by atoms with E-state index in [1.165, 1.54) is 16.3 Å². The number of aromatic carboxylic acids is 1. The lowest BCUT2D eigenvalue weighted by Crippen LogP contribution is -2.40. The van der Waals surface area contributed by atoms with Crippen LogP contribution < -0.4 is 26.2 Å². The van der Waals surface area contributed by atoms with E-state index in [1.807, 2.05) is 0 Å². The number of para-hydroxylation sites is 1. The number of anilines is 2. The van der Waals surface area contributed by atoms with Gasteiger partial charge >= 0.3 is 5.97 Å². The molecule has 3 heterocycles. The summed E-state index contributed by atoms with van der Waals surface area (Å²) in [5.41, 5.74) is 9.38. The van der Waals surface area contributed by atoms with Gasteiger partial charge in [0.25, 0.3) is 0 Å². The van der Waals surface area contributed by atoms with Crippen LogP contribution in [0, 0.1) is 11.8 Å². The van der Waals surface area contributed by atoms with Crippen LogP contribution in [0.3, 0.4) is 0 Å². The number of hydrogen-bond donors (Lipinski definition) is 3. The van der Waals surface area contributed by atoms with Gasteiger partial charge < -0.3 is 30.0 Å². The van der Waals surface area contributed by atoms with Gasteiger partial charge in [-0.25, -0.2) is 15.6 Å². The fourth-order valence-electron chi connectivity index (χ4n) is 6.42. The van der Waals surface area contributed by atoms with Crippen LogP contribution in [0.4, 0.5) is 10.8 Å². The maximum Gasteiger partial charge on any atom is 0.335 e. The smallest absolute Gasteiger partial charge is 0.335 e. The van der Waals surface area contributed by atoms with Crippen molar-refractivity contribution in [1.29, 1.82) is 0 Å². The molecule has 2 aromatic carbocycles. The van der Waals surface area contributed by atoms with Crippen LogP contribution in [0.25, 0.3) is 10.2 Å². The first-order chi connectivity index (χ1) is 20.8. The summed E-state index contributed by atoms with van der Waals surface area (Å²) in [5, 5.41) is 12.9. The highest BCUT2D eigenvalue weighted by Crippen LogP contribution is 2.46. The molecule has 7 rings (SSSR count). The molecule has 2 aliphatic carbocycles. The summed E-state index contributed by atoms with van der Waals surface area (Å²) >= 11 is 14.4. The maximum atomic E-state index is 11.8. The Hall–Kier alpha value is -2.80. The van der Waals surface area contributed by atoms with E-state index in [1.54, 1.807) is 30.3 Å². The molecular weight excluding hydrogens is 613 g/mol. The van der Waals surface area contributed by atoms with Crippen molar-refractivity contribution >= 4 is 61.5 Å². The van der Waals surface area contributed by atoms with Gasteiger partial charge in [0, 0.05) is 36.5 Å². The molecule has 0 amide bonds. The molecule has 2 aliphatic heterocycles. The van der Waals surface area contributed by atoms with Gasteiger partial charge in [0.1, 0.15) is 17.4 Å². The van der Waals surface area contributed by atoms with Crippen molar-refractivity contribution < 1.29 is 24.1 Å². The molecule has 4 unspecified atom stereocenters. The summed E-state index contributed by atoms with van der Waals surface area (Å²) in [6.45, 7) is 2.19. The number of carboxylic acid groups (broad SMARTS) is 1. The molecule has 2 saturated heterocycles. The summed E-state index contributed by atoms with van der Waals surface area (Å²) in [6.07, 6.45) is 4.60. The number of carboxylic acids is 1. The third-order valence-electron chi connectivity index (χ3n) is 8.85. The Balaban J connectivity index is 1.07. The van der Waals surface area contributed by atoms with Crippen LogP contribution >= 0.6 is 34.5 Å². The highest BCUT2D eigenvalue weighted by molar-refractivity contribution is 7.22. The van der Waals surface area contributed by atoms with E-state index < -0.39 is 5.97 Å². The third-order valence-corrected chi connectivity index (χ3v) is 10.5. The van der Waals surface area contributed by atoms with E-state index in [-0.39, 0.29) is 36.3 Å². The van der Waals surface area contributed by atoms with Crippen LogP contribution in [-0.2, 0) is 9.47 Å². The summed E-state index contributed by atoms with van der Waals surface area (Å²) < 4.78 is 18.9. The molecular formula is C30H33Cl2N5O5S. The zero-order chi connectivity index (χ0) is 29.8. The number of allylic oxidation sites excluding steroid dienone is 1. The van der Waals surface area contributed by atoms with E-state index in [2.05, 4.69) is 4.90 Å². The zero-order valence-electron chi connectivity index (χ0n) is 23.4. The van der Waals surface area contributed by atoms with E-state index in [0.717, 1.165) is 54.2 Å². The lowest BCUT2D eigenvalue weighted by atomic mass is 10.1. The van der Waals surface area contributed by atoms with E-state index in [4.69, 9.17) is 54.0 Å². The van der Waals surface area contributed by atoms with Gasteiger partial charge in [-0.2, -0.15) is 0 Å². The van der Waals surface area contributed by atoms with E-state index >= 15 is 0 Å². The van der Waals surface area contributed by atoms with Gasteiger partial charge in [0.05, 0.1) is 57.6 Å². The van der Waals surface area contributed by atoms with E-state index in [9.17, 15) is 9.90 Å². The summed E-state index contributed by atoms with van der Waals surface area (Å²) in [4.78, 5) is 19.1. The van der Waals surface area contributed by atoms with Crippen LogP contribution in [0.2, 0.25) is 10.0 Å². The second kappa shape index (κ2) is 11.6. The fraction of sp³-hybridized carbons (Fsp3) is 0.467. The Morgan fingerprint density at radius 2 is 2.00 bits per heavy atom. The zero-order valence-corrected chi connectivity index (χ0v) is 25.7. The monoisotopic (exact) mass is 645 g/mol. The van der Waals surface area contributed by atoms with E-state index in [0.29, 0.717) is 51.8 Å². The number of ether oxygens (including phenoxy) is 3. The largest absolute Gasteiger partial charge is 0.486 e. The Bertz CT molecular complexity index is 1570. The highest BCUT2D eigenvalue weighted by Gasteiger charge is 2.46. The molecule has 4 aliphatic rings. The van der Waals surface area contributed by atoms with Crippen molar-refractivity contribution in [3.05, 3.63) is 57.3 Å². The minimum atomic E-state index is -0.992. The average molecular weight is 647 g/mol.